The molecule has 0 radical (unpaired) electrons. The van der Waals surface area contributed by atoms with Crippen LogP contribution in [0.4, 0.5) is 0 Å². The van der Waals surface area contributed by atoms with Crippen LogP contribution in [0, 0.1) is 29.6 Å². The predicted molar refractivity (Wildman–Crippen MR) is 97.1 cm³/mol. The summed E-state index contributed by atoms with van der Waals surface area (Å²) in [6.07, 6.45) is 12.0. The summed E-state index contributed by atoms with van der Waals surface area (Å²) in [4.78, 5) is 13.1. The average Bonchev–Trinajstić information content (AvgIpc) is 3.18. The molecule has 0 spiro atoms. The molecule has 0 aromatic carbocycles. The Morgan fingerprint density at radius 3 is 2.32 bits per heavy atom. The van der Waals surface area contributed by atoms with Crippen molar-refractivity contribution >= 4 is 5.97 Å². The fourth-order valence-corrected chi connectivity index (χ4v) is 7.54. The molecule has 3 aliphatic carbocycles. The third kappa shape index (κ3) is 2.58. The summed E-state index contributed by atoms with van der Waals surface area (Å²) < 4.78 is 5.62. The standard InChI is InChI=1S/C21H34N2O2/c1-2-25-21(24)19-18-13-8-4-6-10-16(13)22-17(18)11-14-12-7-3-5-9-15(12)23-20(14)19/h12-20,22-23H,2-11H2,1H3. The van der Waals surface area contributed by atoms with E-state index in [1.54, 1.807) is 0 Å². The van der Waals surface area contributed by atoms with Gasteiger partial charge in [0.05, 0.1) is 12.5 Å². The van der Waals surface area contributed by atoms with Crippen molar-refractivity contribution in [2.24, 2.45) is 29.6 Å². The molecule has 140 valence electrons. The molecule has 2 saturated heterocycles. The summed E-state index contributed by atoms with van der Waals surface area (Å²) in [5, 5.41) is 7.96. The summed E-state index contributed by atoms with van der Waals surface area (Å²) in [7, 11) is 0. The Bertz CT molecular complexity index is 522. The third-order valence-electron chi connectivity index (χ3n) is 8.33. The molecule has 9 atom stereocenters. The molecule has 25 heavy (non-hydrogen) atoms. The molecule has 0 bridgehead atoms. The minimum Gasteiger partial charge on any atom is -0.466 e. The van der Waals surface area contributed by atoms with E-state index in [0.29, 0.717) is 48.5 Å². The number of nitrogens with one attached hydrogen (secondary N) is 2. The Balaban J connectivity index is 1.47. The van der Waals surface area contributed by atoms with E-state index >= 15 is 0 Å². The molecule has 5 aliphatic rings. The molecule has 3 saturated carbocycles. The van der Waals surface area contributed by atoms with Gasteiger partial charge in [-0.3, -0.25) is 4.79 Å². The molecule has 9 unspecified atom stereocenters. The van der Waals surface area contributed by atoms with Gasteiger partial charge < -0.3 is 15.4 Å². The SMILES string of the molecule is CCOC(=O)C1C2NC3CCCCC3C2CC2NC3CCCCC3C21. The van der Waals surface area contributed by atoms with Crippen LogP contribution in [-0.4, -0.2) is 36.7 Å². The van der Waals surface area contributed by atoms with Crippen LogP contribution in [0.2, 0.25) is 0 Å². The first-order chi connectivity index (χ1) is 12.3. The lowest BCUT2D eigenvalue weighted by Crippen LogP contribution is -2.54. The van der Waals surface area contributed by atoms with Crippen molar-refractivity contribution < 1.29 is 9.53 Å². The van der Waals surface area contributed by atoms with Gasteiger partial charge in [-0.05, 0) is 62.7 Å². The van der Waals surface area contributed by atoms with Crippen LogP contribution in [0.1, 0.15) is 64.7 Å². The highest BCUT2D eigenvalue weighted by Gasteiger charge is 2.60. The number of hydrogen-bond acceptors (Lipinski definition) is 4. The molecule has 5 fully saturated rings. The van der Waals surface area contributed by atoms with E-state index in [0.717, 1.165) is 5.92 Å². The second kappa shape index (κ2) is 6.53. The maximum atomic E-state index is 13.1. The van der Waals surface area contributed by atoms with Gasteiger partial charge in [-0.25, -0.2) is 0 Å². The van der Waals surface area contributed by atoms with Crippen molar-refractivity contribution in [2.45, 2.75) is 88.9 Å². The Labute approximate surface area is 151 Å². The minimum absolute atomic E-state index is 0.0786. The second-order valence-corrected chi connectivity index (χ2v) is 9.33. The highest BCUT2D eigenvalue weighted by molar-refractivity contribution is 5.74. The van der Waals surface area contributed by atoms with Gasteiger partial charge in [0.15, 0.2) is 0 Å². The predicted octanol–water partition coefficient (Wildman–Crippen LogP) is 2.86. The minimum atomic E-state index is 0.0786. The van der Waals surface area contributed by atoms with Gasteiger partial charge in [-0.1, -0.05) is 25.7 Å². The van der Waals surface area contributed by atoms with Crippen LogP contribution >= 0.6 is 0 Å². The van der Waals surface area contributed by atoms with E-state index in [-0.39, 0.29) is 11.9 Å². The van der Waals surface area contributed by atoms with E-state index in [4.69, 9.17) is 4.74 Å². The molecular weight excluding hydrogens is 312 g/mol. The molecule has 0 amide bonds. The van der Waals surface area contributed by atoms with E-state index in [1.165, 1.54) is 57.8 Å². The maximum absolute atomic E-state index is 13.1. The molecule has 5 rings (SSSR count). The molecule has 4 nitrogen and oxygen atoms in total. The van der Waals surface area contributed by atoms with Crippen LogP contribution < -0.4 is 10.6 Å². The van der Waals surface area contributed by atoms with Crippen LogP contribution in [0.25, 0.3) is 0 Å². The van der Waals surface area contributed by atoms with Gasteiger partial charge in [-0.2, -0.15) is 0 Å². The zero-order chi connectivity index (χ0) is 17.0. The van der Waals surface area contributed by atoms with E-state index in [2.05, 4.69) is 10.6 Å². The van der Waals surface area contributed by atoms with Crippen molar-refractivity contribution in [3.05, 3.63) is 0 Å². The maximum Gasteiger partial charge on any atom is 0.310 e. The fourth-order valence-electron chi connectivity index (χ4n) is 7.54. The van der Waals surface area contributed by atoms with Gasteiger partial charge in [0.1, 0.15) is 0 Å². The number of hydrogen-bond donors (Lipinski definition) is 2. The monoisotopic (exact) mass is 346 g/mol. The Morgan fingerprint density at radius 1 is 0.880 bits per heavy atom. The molecule has 0 aromatic rings. The molecule has 0 aromatic heterocycles. The largest absolute Gasteiger partial charge is 0.466 e. The number of carbonyl (C=O) groups excluding carboxylic acids is 1. The van der Waals surface area contributed by atoms with Gasteiger partial charge in [0, 0.05) is 24.2 Å². The smallest absolute Gasteiger partial charge is 0.310 e. The Morgan fingerprint density at radius 2 is 1.56 bits per heavy atom. The van der Waals surface area contributed by atoms with Crippen molar-refractivity contribution in [1.29, 1.82) is 0 Å². The van der Waals surface area contributed by atoms with Gasteiger partial charge in [0.2, 0.25) is 0 Å². The molecule has 4 heteroatoms. The number of esters is 1. The summed E-state index contributed by atoms with van der Waals surface area (Å²) in [6.45, 7) is 2.46. The average molecular weight is 347 g/mol. The van der Waals surface area contributed by atoms with E-state index in [1.807, 2.05) is 6.92 Å². The number of rotatable bonds is 2. The van der Waals surface area contributed by atoms with Gasteiger partial charge in [-0.15, -0.1) is 0 Å². The number of ether oxygens (including phenoxy) is 1. The van der Waals surface area contributed by atoms with Crippen molar-refractivity contribution in [1.82, 2.24) is 10.6 Å². The highest BCUT2D eigenvalue weighted by Crippen LogP contribution is 2.53. The summed E-state index contributed by atoms with van der Waals surface area (Å²) in [5.41, 5.74) is 0. The first-order valence-electron chi connectivity index (χ1n) is 11.0. The first kappa shape index (κ1) is 16.6. The highest BCUT2D eigenvalue weighted by atomic mass is 16.5. The lowest BCUT2D eigenvalue weighted by Gasteiger charge is -2.44. The van der Waals surface area contributed by atoms with Gasteiger partial charge in [0.25, 0.3) is 0 Å². The number of carbonyl (C=O) groups is 1. The zero-order valence-electron chi connectivity index (χ0n) is 15.6. The van der Waals surface area contributed by atoms with Crippen molar-refractivity contribution in [2.75, 3.05) is 6.61 Å². The van der Waals surface area contributed by atoms with Crippen LogP contribution in [0.5, 0.6) is 0 Å². The van der Waals surface area contributed by atoms with Crippen LogP contribution in [-0.2, 0) is 9.53 Å². The lowest BCUT2D eigenvalue weighted by atomic mass is 9.61. The van der Waals surface area contributed by atoms with E-state index in [9.17, 15) is 4.79 Å². The molecule has 2 aliphatic heterocycles. The van der Waals surface area contributed by atoms with Crippen molar-refractivity contribution in [3.63, 3.8) is 0 Å². The fraction of sp³-hybridized carbons (Fsp3) is 0.952. The topological polar surface area (TPSA) is 50.4 Å². The van der Waals surface area contributed by atoms with Crippen LogP contribution in [0.3, 0.4) is 0 Å². The number of fused-ring (bicyclic) bond motifs is 6. The molecular formula is C21H34N2O2. The first-order valence-corrected chi connectivity index (χ1v) is 11.0. The van der Waals surface area contributed by atoms with Crippen LogP contribution in [0.15, 0.2) is 0 Å². The van der Waals surface area contributed by atoms with Crippen molar-refractivity contribution in [3.8, 4) is 0 Å². The Kier molecular flexibility index (Phi) is 4.32. The van der Waals surface area contributed by atoms with Gasteiger partial charge >= 0.3 is 5.97 Å². The second-order valence-electron chi connectivity index (χ2n) is 9.33. The quantitative estimate of drug-likeness (QED) is 0.755. The summed E-state index contributed by atoms with van der Waals surface area (Å²) >= 11 is 0. The zero-order valence-corrected chi connectivity index (χ0v) is 15.6. The third-order valence-corrected chi connectivity index (χ3v) is 8.33. The molecule has 2 N–H and O–H groups in total. The normalized spacial score (nSPS) is 51.2. The summed E-state index contributed by atoms with van der Waals surface area (Å²) in [6, 6.07) is 2.23. The summed E-state index contributed by atoms with van der Waals surface area (Å²) in [5.74, 6) is 2.83. The molecule has 2 heterocycles. The van der Waals surface area contributed by atoms with E-state index < -0.39 is 0 Å². The lowest BCUT2D eigenvalue weighted by molar-refractivity contribution is -0.154. The Hall–Kier alpha value is -0.610.